The first-order valence-electron chi connectivity index (χ1n) is 8.38. The van der Waals surface area contributed by atoms with Gasteiger partial charge >= 0.3 is 0 Å². The first-order chi connectivity index (χ1) is 10.8. The summed E-state index contributed by atoms with van der Waals surface area (Å²) in [6, 6.07) is 11.5. The number of fused-ring (bicyclic) bond motifs is 1. The van der Waals surface area contributed by atoms with Crippen molar-refractivity contribution in [2.45, 2.75) is 37.8 Å². The van der Waals surface area contributed by atoms with Gasteiger partial charge in [-0.1, -0.05) is 30.3 Å². The first kappa shape index (κ1) is 15.5. The van der Waals surface area contributed by atoms with E-state index in [0.29, 0.717) is 25.2 Å². The number of amides is 1. The highest BCUT2D eigenvalue weighted by Crippen LogP contribution is 2.44. The van der Waals surface area contributed by atoms with E-state index in [0.717, 1.165) is 25.8 Å². The van der Waals surface area contributed by atoms with Crippen molar-refractivity contribution in [3.63, 3.8) is 0 Å². The van der Waals surface area contributed by atoms with E-state index in [1.807, 2.05) is 0 Å². The normalized spacial score (nSPS) is 27.8. The summed E-state index contributed by atoms with van der Waals surface area (Å²) in [4.78, 5) is 15.1. The third-order valence-electron chi connectivity index (χ3n) is 5.03. The molecule has 0 saturated carbocycles. The molecule has 2 heterocycles. The van der Waals surface area contributed by atoms with E-state index in [1.54, 1.807) is 7.11 Å². The molecule has 4 nitrogen and oxygen atoms in total. The summed E-state index contributed by atoms with van der Waals surface area (Å²) in [6.45, 7) is 2.54. The lowest BCUT2D eigenvalue weighted by molar-refractivity contribution is -0.125. The quantitative estimate of drug-likeness (QED) is 0.820. The Hall–Kier alpha value is -1.39. The minimum absolute atomic E-state index is 0.134. The van der Waals surface area contributed by atoms with E-state index in [2.05, 4.69) is 40.5 Å². The van der Waals surface area contributed by atoms with E-state index in [4.69, 9.17) is 4.74 Å². The Morgan fingerprint density at radius 1 is 1.36 bits per heavy atom. The lowest BCUT2D eigenvalue weighted by Gasteiger charge is -2.24. The SMILES string of the molecule is COCCCNC(=O)[C@@H]1C[C@H](c2ccccc2)N2CCC[C@@H]12. The van der Waals surface area contributed by atoms with Crippen LogP contribution < -0.4 is 5.32 Å². The van der Waals surface area contributed by atoms with Gasteiger partial charge in [0.15, 0.2) is 0 Å². The van der Waals surface area contributed by atoms with Crippen LogP contribution in [0.2, 0.25) is 0 Å². The zero-order chi connectivity index (χ0) is 15.4. The van der Waals surface area contributed by atoms with Gasteiger partial charge in [0.1, 0.15) is 0 Å². The van der Waals surface area contributed by atoms with Gasteiger partial charge in [-0.3, -0.25) is 9.69 Å². The molecule has 3 rings (SSSR count). The lowest BCUT2D eigenvalue weighted by Crippen LogP contribution is -2.38. The van der Waals surface area contributed by atoms with Crippen molar-refractivity contribution in [1.29, 1.82) is 0 Å². The maximum Gasteiger partial charge on any atom is 0.224 e. The number of rotatable bonds is 6. The molecule has 0 radical (unpaired) electrons. The fraction of sp³-hybridized carbons (Fsp3) is 0.611. The third kappa shape index (κ3) is 3.18. The van der Waals surface area contributed by atoms with Crippen molar-refractivity contribution in [2.75, 3.05) is 26.8 Å². The number of methoxy groups -OCH3 is 1. The molecule has 0 unspecified atom stereocenters. The van der Waals surface area contributed by atoms with Gasteiger partial charge in [-0.15, -0.1) is 0 Å². The molecule has 0 bridgehead atoms. The standard InChI is InChI=1S/C18H26N2O2/c1-22-12-6-10-19-18(21)15-13-17(14-7-3-2-4-8-14)20-11-5-9-16(15)20/h2-4,7-8,15-17H,5-6,9-13H2,1H3,(H,19,21)/t15-,16+,17-/m1/s1. The fourth-order valence-electron chi connectivity index (χ4n) is 4.01. The van der Waals surface area contributed by atoms with E-state index in [1.165, 1.54) is 12.0 Å². The summed E-state index contributed by atoms with van der Waals surface area (Å²) in [5.41, 5.74) is 1.35. The molecular weight excluding hydrogens is 276 g/mol. The molecule has 4 heteroatoms. The van der Waals surface area contributed by atoms with Crippen LogP contribution in [-0.4, -0.2) is 43.7 Å². The average Bonchev–Trinajstić information content (AvgIpc) is 3.14. The fourth-order valence-corrected chi connectivity index (χ4v) is 4.01. The monoisotopic (exact) mass is 302 g/mol. The van der Waals surface area contributed by atoms with Gasteiger partial charge in [0.25, 0.3) is 0 Å². The minimum atomic E-state index is 0.134. The smallest absolute Gasteiger partial charge is 0.224 e. The topological polar surface area (TPSA) is 41.6 Å². The average molecular weight is 302 g/mol. The molecule has 120 valence electrons. The Bertz CT molecular complexity index is 491. The number of carbonyl (C=O) groups excluding carboxylic acids is 1. The van der Waals surface area contributed by atoms with Crippen molar-refractivity contribution in [2.24, 2.45) is 5.92 Å². The maximum atomic E-state index is 12.5. The molecular formula is C18H26N2O2. The zero-order valence-corrected chi connectivity index (χ0v) is 13.3. The molecule has 1 aromatic rings. The molecule has 1 N–H and O–H groups in total. The number of nitrogens with zero attached hydrogens (tertiary/aromatic N) is 1. The van der Waals surface area contributed by atoms with Gasteiger partial charge in [0, 0.05) is 32.3 Å². The molecule has 0 aromatic heterocycles. The Labute approximate surface area is 132 Å². The molecule has 2 aliphatic rings. The van der Waals surface area contributed by atoms with Gasteiger partial charge < -0.3 is 10.1 Å². The second-order valence-electron chi connectivity index (χ2n) is 6.35. The van der Waals surface area contributed by atoms with Crippen LogP contribution in [0.25, 0.3) is 0 Å². The van der Waals surface area contributed by atoms with Crippen molar-refractivity contribution >= 4 is 5.91 Å². The Kier molecular flexibility index (Phi) is 5.11. The molecule has 2 aliphatic heterocycles. The molecule has 3 atom stereocenters. The highest BCUT2D eigenvalue weighted by atomic mass is 16.5. The third-order valence-corrected chi connectivity index (χ3v) is 5.03. The molecule has 0 spiro atoms. The predicted octanol–water partition coefficient (Wildman–Crippen LogP) is 2.36. The highest BCUT2D eigenvalue weighted by molar-refractivity contribution is 5.80. The van der Waals surface area contributed by atoms with Gasteiger partial charge in [0.05, 0.1) is 5.92 Å². The number of nitrogens with one attached hydrogen (secondary N) is 1. The second-order valence-corrected chi connectivity index (χ2v) is 6.35. The Morgan fingerprint density at radius 2 is 2.18 bits per heavy atom. The summed E-state index contributed by atoms with van der Waals surface area (Å²) < 4.78 is 5.03. The summed E-state index contributed by atoms with van der Waals surface area (Å²) in [5.74, 6) is 0.363. The number of carbonyl (C=O) groups is 1. The summed E-state index contributed by atoms with van der Waals surface area (Å²) in [6.07, 6.45) is 4.19. The first-order valence-corrected chi connectivity index (χ1v) is 8.38. The van der Waals surface area contributed by atoms with Crippen molar-refractivity contribution in [3.05, 3.63) is 35.9 Å². The molecule has 22 heavy (non-hydrogen) atoms. The molecule has 1 amide bonds. The van der Waals surface area contributed by atoms with Gasteiger partial charge in [-0.05, 0) is 37.8 Å². The van der Waals surface area contributed by atoms with Gasteiger partial charge in [-0.2, -0.15) is 0 Å². The van der Waals surface area contributed by atoms with Crippen molar-refractivity contribution in [1.82, 2.24) is 10.2 Å². The number of hydrogen-bond donors (Lipinski definition) is 1. The van der Waals surface area contributed by atoms with Crippen LogP contribution in [0, 0.1) is 5.92 Å². The molecule has 2 saturated heterocycles. The van der Waals surface area contributed by atoms with E-state index in [9.17, 15) is 4.79 Å². The van der Waals surface area contributed by atoms with Gasteiger partial charge in [0.2, 0.25) is 5.91 Å². The van der Waals surface area contributed by atoms with E-state index >= 15 is 0 Å². The zero-order valence-electron chi connectivity index (χ0n) is 13.3. The molecule has 0 aliphatic carbocycles. The van der Waals surface area contributed by atoms with Crippen LogP contribution in [0.4, 0.5) is 0 Å². The van der Waals surface area contributed by atoms with Crippen LogP contribution in [0.1, 0.15) is 37.3 Å². The molecule has 1 aromatic carbocycles. The summed E-state index contributed by atoms with van der Waals surface area (Å²) in [5, 5.41) is 3.10. The number of hydrogen-bond acceptors (Lipinski definition) is 3. The summed E-state index contributed by atoms with van der Waals surface area (Å²) >= 11 is 0. The highest BCUT2D eigenvalue weighted by Gasteiger charge is 2.46. The lowest BCUT2D eigenvalue weighted by atomic mass is 9.93. The van der Waals surface area contributed by atoms with Crippen LogP contribution >= 0.6 is 0 Å². The van der Waals surface area contributed by atoms with E-state index < -0.39 is 0 Å². The van der Waals surface area contributed by atoms with E-state index in [-0.39, 0.29) is 11.8 Å². The van der Waals surface area contributed by atoms with Crippen LogP contribution in [0.3, 0.4) is 0 Å². The van der Waals surface area contributed by atoms with Crippen LogP contribution in [0.5, 0.6) is 0 Å². The predicted molar refractivity (Wildman–Crippen MR) is 86.5 cm³/mol. The Balaban J connectivity index is 1.64. The van der Waals surface area contributed by atoms with Crippen LogP contribution in [-0.2, 0) is 9.53 Å². The maximum absolute atomic E-state index is 12.5. The van der Waals surface area contributed by atoms with Crippen molar-refractivity contribution in [3.8, 4) is 0 Å². The number of ether oxygens (including phenoxy) is 1. The summed E-state index contributed by atoms with van der Waals surface area (Å²) in [7, 11) is 1.69. The number of benzene rings is 1. The minimum Gasteiger partial charge on any atom is -0.385 e. The molecule has 2 fully saturated rings. The second kappa shape index (κ2) is 7.25. The Morgan fingerprint density at radius 3 is 2.95 bits per heavy atom. The van der Waals surface area contributed by atoms with Gasteiger partial charge in [-0.25, -0.2) is 0 Å². The van der Waals surface area contributed by atoms with Crippen LogP contribution in [0.15, 0.2) is 30.3 Å². The van der Waals surface area contributed by atoms with Crippen molar-refractivity contribution < 1.29 is 9.53 Å². The largest absolute Gasteiger partial charge is 0.385 e.